The maximum Gasteiger partial charge on any atom is 0.310 e. The zero-order chi connectivity index (χ0) is 21.1. The molecule has 7 heteroatoms. The molecule has 0 saturated heterocycles. The van der Waals surface area contributed by atoms with Crippen molar-refractivity contribution in [2.75, 3.05) is 13.7 Å². The zero-order valence-corrected chi connectivity index (χ0v) is 18.8. The Balaban J connectivity index is 1.63. The van der Waals surface area contributed by atoms with Gasteiger partial charge in [0.1, 0.15) is 23.8 Å². The fourth-order valence-electron chi connectivity index (χ4n) is 3.74. The molecule has 1 heterocycles. The number of hydrogen-bond donors (Lipinski definition) is 0. The summed E-state index contributed by atoms with van der Waals surface area (Å²) < 4.78 is 19.9. The first-order valence-corrected chi connectivity index (χ1v) is 11.0. The van der Waals surface area contributed by atoms with E-state index in [4.69, 9.17) is 19.3 Å². The second-order valence-electron chi connectivity index (χ2n) is 7.34. The number of benzene rings is 2. The Bertz CT molecular complexity index is 1060. The van der Waals surface area contributed by atoms with Gasteiger partial charge < -0.3 is 14.2 Å². The van der Waals surface area contributed by atoms with Crippen molar-refractivity contribution >= 4 is 32.8 Å². The summed E-state index contributed by atoms with van der Waals surface area (Å²) in [5.41, 5.74) is 2.68. The van der Waals surface area contributed by atoms with Crippen molar-refractivity contribution in [1.29, 1.82) is 0 Å². The van der Waals surface area contributed by atoms with Crippen LogP contribution in [0.4, 0.5) is 0 Å². The van der Waals surface area contributed by atoms with Crippen molar-refractivity contribution in [3.05, 3.63) is 52.1 Å². The molecule has 158 valence electrons. The fraction of sp³-hybridized carbons (Fsp3) is 0.391. The minimum atomic E-state index is -0.310. The van der Waals surface area contributed by atoms with Crippen molar-refractivity contribution in [3.63, 3.8) is 0 Å². The third kappa shape index (κ3) is 4.17. The number of carbonyl (C=O) groups excluding carboxylic acids is 1. The van der Waals surface area contributed by atoms with Gasteiger partial charge in [0.25, 0.3) is 0 Å². The SMILES string of the molecule is CCOC(=O)Cc1c(OC)cccc1OCc1nn(C2CCC2)c2ccc(Br)cc12. The smallest absolute Gasteiger partial charge is 0.310 e. The number of nitrogens with zero attached hydrogens (tertiary/aromatic N) is 2. The van der Waals surface area contributed by atoms with E-state index in [2.05, 4.69) is 32.7 Å². The van der Waals surface area contributed by atoms with E-state index in [1.807, 2.05) is 24.3 Å². The van der Waals surface area contributed by atoms with Gasteiger partial charge in [-0.2, -0.15) is 5.10 Å². The van der Waals surface area contributed by atoms with E-state index < -0.39 is 0 Å². The molecule has 1 aliphatic carbocycles. The molecule has 0 atom stereocenters. The van der Waals surface area contributed by atoms with Crippen molar-refractivity contribution in [2.24, 2.45) is 0 Å². The third-order valence-corrected chi connectivity index (χ3v) is 5.96. The number of hydrogen-bond acceptors (Lipinski definition) is 5. The molecular weight excluding hydrogens is 448 g/mol. The Hall–Kier alpha value is -2.54. The highest BCUT2D eigenvalue weighted by Crippen LogP contribution is 2.36. The lowest BCUT2D eigenvalue weighted by atomic mass is 9.93. The molecule has 2 aromatic carbocycles. The van der Waals surface area contributed by atoms with Crippen LogP contribution in [0.3, 0.4) is 0 Å². The van der Waals surface area contributed by atoms with Gasteiger partial charge >= 0.3 is 5.97 Å². The highest BCUT2D eigenvalue weighted by molar-refractivity contribution is 9.10. The average Bonchev–Trinajstić information content (AvgIpc) is 3.03. The fourth-order valence-corrected chi connectivity index (χ4v) is 4.10. The lowest BCUT2D eigenvalue weighted by molar-refractivity contribution is -0.142. The second kappa shape index (κ2) is 9.08. The Kier molecular flexibility index (Phi) is 6.27. The predicted molar refractivity (Wildman–Crippen MR) is 118 cm³/mol. The lowest BCUT2D eigenvalue weighted by Gasteiger charge is -2.26. The van der Waals surface area contributed by atoms with Gasteiger partial charge in [0.15, 0.2) is 0 Å². The van der Waals surface area contributed by atoms with Crippen LogP contribution in [0.2, 0.25) is 0 Å². The summed E-state index contributed by atoms with van der Waals surface area (Å²) in [5.74, 6) is 0.896. The van der Waals surface area contributed by atoms with E-state index in [1.165, 1.54) is 6.42 Å². The quantitative estimate of drug-likeness (QED) is 0.420. The monoisotopic (exact) mass is 472 g/mol. The minimum absolute atomic E-state index is 0.0933. The summed E-state index contributed by atoms with van der Waals surface area (Å²) in [6, 6.07) is 12.2. The molecule has 1 aromatic heterocycles. The van der Waals surface area contributed by atoms with E-state index in [9.17, 15) is 4.79 Å². The van der Waals surface area contributed by atoms with Gasteiger partial charge in [-0.25, -0.2) is 0 Å². The van der Waals surface area contributed by atoms with Crippen LogP contribution in [0, 0.1) is 0 Å². The summed E-state index contributed by atoms with van der Waals surface area (Å²) in [6.07, 6.45) is 3.66. The van der Waals surface area contributed by atoms with Gasteiger partial charge in [-0.3, -0.25) is 9.48 Å². The summed E-state index contributed by atoms with van der Waals surface area (Å²) in [5, 5.41) is 5.95. The van der Waals surface area contributed by atoms with Crippen LogP contribution in [0.15, 0.2) is 40.9 Å². The predicted octanol–water partition coefficient (Wildman–Crippen LogP) is 5.22. The number of esters is 1. The van der Waals surface area contributed by atoms with Gasteiger partial charge in [-0.05, 0) is 56.5 Å². The van der Waals surface area contributed by atoms with E-state index in [1.54, 1.807) is 14.0 Å². The van der Waals surface area contributed by atoms with Crippen molar-refractivity contribution in [2.45, 2.75) is 45.3 Å². The Labute approximate surface area is 184 Å². The van der Waals surface area contributed by atoms with Crippen LogP contribution in [-0.4, -0.2) is 29.5 Å². The Morgan fingerprint density at radius 3 is 2.73 bits per heavy atom. The van der Waals surface area contributed by atoms with Gasteiger partial charge in [0, 0.05) is 15.4 Å². The van der Waals surface area contributed by atoms with Crippen LogP contribution in [0.1, 0.15) is 43.5 Å². The van der Waals surface area contributed by atoms with Crippen LogP contribution >= 0.6 is 15.9 Å². The van der Waals surface area contributed by atoms with Crippen molar-refractivity contribution < 1.29 is 19.0 Å². The Morgan fingerprint density at radius 1 is 1.23 bits per heavy atom. The van der Waals surface area contributed by atoms with Crippen LogP contribution in [0.5, 0.6) is 11.5 Å². The molecule has 6 nitrogen and oxygen atoms in total. The first-order valence-electron chi connectivity index (χ1n) is 10.2. The molecule has 0 radical (unpaired) electrons. The molecule has 0 aliphatic heterocycles. The van der Waals surface area contributed by atoms with Crippen molar-refractivity contribution in [3.8, 4) is 11.5 Å². The van der Waals surface area contributed by atoms with E-state index >= 15 is 0 Å². The zero-order valence-electron chi connectivity index (χ0n) is 17.2. The van der Waals surface area contributed by atoms with Gasteiger partial charge in [0.05, 0.1) is 31.7 Å². The first kappa shape index (κ1) is 20.7. The van der Waals surface area contributed by atoms with E-state index in [0.717, 1.165) is 33.9 Å². The molecule has 3 aromatic rings. The Morgan fingerprint density at radius 2 is 2.03 bits per heavy atom. The van der Waals surface area contributed by atoms with Crippen LogP contribution in [-0.2, 0) is 22.6 Å². The molecule has 30 heavy (non-hydrogen) atoms. The molecule has 0 unspecified atom stereocenters. The molecule has 1 aliphatic rings. The molecule has 1 saturated carbocycles. The maximum absolute atomic E-state index is 12.1. The second-order valence-corrected chi connectivity index (χ2v) is 8.26. The molecule has 0 spiro atoms. The average molecular weight is 473 g/mol. The highest BCUT2D eigenvalue weighted by atomic mass is 79.9. The van der Waals surface area contributed by atoms with Gasteiger partial charge in [-0.15, -0.1) is 0 Å². The number of aromatic nitrogens is 2. The minimum Gasteiger partial charge on any atom is -0.496 e. The van der Waals surface area contributed by atoms with Crippen molar-refractivity contribution in [1.82, 2.24) is 9.78 Å². The van der Waals surface area contributed by atoms with Crippen LogP contribution < -0.4 is 9.47 Å². The van der Waals surface area contributed by atoms with E-state index in [0.29, 0.717) is 36.3 Å². The number of halogens is 1. The molecule has 4 rings (SSSR count). The number of ether oxygens (including phenoxy) is 3. The number of methoxy groups -OCH3 is 1. The summed E-state index contributed by atoms with van der Waals surface area (Å²) in [7, 11) is 1.58. The van der Waals surface area contributed by atoms with E-state index in [-0.39, 0.29) is 12.4 Å². The lowest BCUT2D eigenvalue weighted by Crippen LogP contribution is -2.18. The third-order valence-electron chi connectivity index (χ3n) is 5.47. The van der Waals surface area contributed by atoms with Gasteiger partial charge in [-0.1, -0.05) is 22.0 Å². The number of carbonyl (C=O) groups is 1. The summed E-state index contributed by atoms with van der Waals surface area (Å²) >= 11 is 3.57. The largest absolute Gasteiger partial charge is 0.496 e. The molecule has 0 bridgehead atoms. The number of rotatable bonds is 8. The standard InChI is InChI=1S/C23H25BrN2O4/c1-3-29-23(27)13-18-21(28-2)8-5-9-22(18)30-14-19-17-12-15(24)10-11-20(17)26(25-19)16-6-4-7-16/h5,8-12,16H,3-4,6-7,13-14H2,1-2H3. The molecule has 0 amide bonds. The molecular formula is C23H25BrN2O4. The summed E-state index contributed by atoms with van der Waals surface area (Å²) in [6.45, 7) is 2.43. The molecule has 1 fully saturated rings. The van der Waals surface area contributed by atoms with Crippen LogP contribution in [0.25, 0.3) is 10.9 Å². The maximum atomic E-state index is 12.1. The van der Waals surface area contributed by atoms with Gasteiger partial charge in [0.2, 0.25) is 0 Å². The topological polar surface area (TPSA) is 62.6 Å². The first-order chi connectivity index (χ1) is 14.6. The number of fused-ring (bicyclic) bond motifs is 1. The molecule has 0 N–H and O–H groups in total. The summed E-state index contributed by atoms with van der Waals surface area (Å²) in [4.78, 5) is 12.1. The highest BCUT2D eigenvalue weighted by Gasteiger charge is 2.24. The normalized spacial score (nSPS) is 13.8.